The fourth-order valence-electron chi connectivity index (χ4n) is 1.97. The quantitative estimate of drug-likeness (QED) is 0.694. The Hall–Kier alpha value is -1.46. The number of unbranched alkanes of at least 4 members (excludes halogenated alkanes) is 1. The number of epoxide rings is 1. The van der Waals surface area contributed by atoms with Crippen LogP contribution in [0.15, 0.2) is 23.3 Å². The van der Waals surface area contributed by atoms with Gasteiger partial charge in [-0.3, -0.25) is 4.79 Å². The van der Waals surface area contributed by atoms with E-state index < -0.39 is 24.3 Å². The number of carboxylic acids is 1. The number of carbonyl (C=O) groups excluding carboxylic acids is 1. The number of hydrogen-bond acceptors (Lipinski definition) is 4. The Morgan fingerprint density at radius 2 is 2.24 bits per heavy atom. The predicted molar refractivity (Wildman–Crippen MR) is 58.4 cm³/mol. The summed E-state index contributed by atoms with van der Waals surface area (Å²) < 4.78 is 4.98. The molecule has 17 heavy (non-hydrogen) atoms. The summed E-state index contributed by atoms with van der Waals surface area (Å²) in [5, 5.41) is 18.8. The molecule has 3 atom stereocenters. The topological polar surface area (TPSA) is 87.1 Å². The zero-order valence-electron chi connectivity index (χ0n) is 9.42. The second kappa shape index (κ2) is 4.43. The predicted octanol–water partition coefficient (Wildman–Crippen LogP) is 0.435. The van der Waals surface area contributed by atoms with Crippen LogP contribution >= 0.6 is 0 Å². The molecule has 5 heteroatoms. The molecule has 1 heterocycles. The summed E-state index contributed by atoms with van der Waals surface area (Å²) in [7, 11) is 0. The Kier molecular flexibility index (Phi) is 3.13. The van der Waals surface area contributed by atoms with Crippen LogP contribution in [-0.4, -0.2) is 40.3 Å². The number of ether oxygens (including phenoxy) is 1. The Morgan fingerprint density at radius 1 is 1.53 bits per heavy atom. The molecule has 0 bridgehead atoms. The van der Waals surface area contributed by atoms with Gasteiger partial charge in [-0.15, -0.1) is 0 Å². The van der Waals surface area contributed by atoms with Gasteiger partial charge in [-0.05, 0) is 6.42 Å². The number of aliphatic hydroxyl groups excluding tert-OH is 1. The Bertz CT molecular complexity index is 421. The molecule has 0 radical (unpaired) electrons. The van der Waals surface area contributed by atoms with Crippen LogP contribution in [0.2, 0.25) is 0 Å². The highest BCUT2D eigenvalue weighted by Gasteiger charge is 2.56. The third-order valence-corrected chi connectivity index (χ3v) is 2.92. The van der Waals surface area contributed by atoms with E-state index >= 15 is 0 Å². The van der Waals surface area contributed by atoms with E-state index in [1.54, 1.807) is 6.08 Å². The van der Waals surface area contributed by atoms with Crippen molar-refractivity contribution in [2.45, 2.75) is 38.1 Å². The first-order valence-electron chi connectivity index (χ1n) is 5.59. The van der Waals surface area contributed by atoms with E-state index in [0.717, 1.165) is 12.8 Å². The van der Waals surface area contributed by atoms with Crippen LogP contribution in [0.25, 0.3) is 0 Å². The molecular formula is C12H14O5. The van der Waals surface area contributed by atoms with Gasteiger partial charge in [0.25, 0.3) is 0 Å². The van der Waals surface area contributed by atoms with Crippen LogP contribution in [0.4, 0.5) is 0 Å². The van der Waals surface area contributed by atoms with E-state index in [2.05, 4.69) is 0 Å². The molecule has 0 aromatic rings. The summed E-state index contributed by atoms with van der Waals surface area (Å²) in [6.07, 6.45) is 2.35. The standard InChI is InChI=1S/C12H14O5/c1-2-3-4-5-6-7(12(15)16)9(14)11-10(17-11)8(6)13/h4-5,9-11,14H,2-3H2,1H3,(H,15,16)/b5-4+/t9-,10-,11+/m1/s1. The van der Waals surface area contributed by atoms with Crippen molar-refractivity contribution in [1.82, 2.24) is 0 Å². The molecule has 92 valence electrons. The number of rotatable bonds is 4. The number of fused-ring (bicyclic) bond motifs is 1. The number of hydrogen-bond donors (Lipinski definition) is 2. The third kappa shape index (κ3) is 2.03. The lowest BCUT2D eigenvalue weighted by Gasteiger charge is -2.16. The molecule has 2 N–H and O–H groups in total. The summed E-state index contributed by atoms with van der Waals surface area (Å²) in [5.41, 5.74) is -0.182. The van der Waals surface area contributed by atoms with Crippen LogP contribution in [0, 0.1) is 0 Å². The molecule has 5 nitrogen and oxygen atoms in total. The number of aliphatic carboxylic acids is 1. The second-order valence-corrected chi connectivity index (χ2v) is 4.15. The maximum atomic E-state index is 11.8. The highest BCUT2D eigenvalue weighted by molar-refractivity contribution is 6.11. The van der Waals surface area contributed by atoms with Crippen molar-refractivity contribution < 1.29 is 24.5 Å². The molecular weight excluding hydrogens is 224 g/mol. The van der Waals surface area contributed by atoms with Gasteiger partial charge in [0.2, 0.25) is 0 Å². The first kappa shape index (κ1) is 12.0. The van der Waals surface area contributed by atoms with Crippen molar-refractivity contribution in [3.05, 3.63) is 23.3 Å². The highest BCUT2D eigenvalue weighted by atomic mass is 16.6. The van der Waals surface area contributed by atoms with Crippen LogP contribution in [0.3, 0.4) is 0 Å². The SMILES string of the molecule is CCC/C=C/C1=C(C(=O)O)[C@@H](O)[C@@H]2O[C@@H]2C1=O. The smallest absolute Gasteiger partial charge is 0.335 e. The number of ketones is 1. The van der Waals surface area contributed by atoms with Gasteiger partial charge in [-0.25, -0.2) is 4.79 Å². The molecule has 0 saturated carbocycles. The lowest BCUT2D eigenvalue weighted by molar-refractivity contribution is -0.134. The minimum absolute atomic E-state index is 0.0669. The fraction of sp³-hybridized carbons (Fsp3) is 0.500. The molecule has 2 rings (SSSR count). The van der Waals surface area contributed by atoms with Gasteiger partial charge in [0.05, 0.1) is 5.57 Å². The number of Topliss-reactive ketones (excluding diaryl/α,β-unsaturated/α-hetero) is 1. The van der Waals surface area contributed by atoms with Gasteiger partial charge >= 0.3 is 5.97 Å². The van der Waals surface area contributed by atoms with Crippen molar-refractivity contribution in [1.29, 1.82) is 0 Å². The first-order valence-corrected chi connectivity index (χ1v) is 5.59. The average Bonchev–Trinajstić information content (AvgIpc) is 3.05. The van der Waals surface area contributed by atoms with Crippen molar-refractivity contribution in [3.63, 3.8) is 0 Å². The summed E-state index contributed by atoms with van der Waals surface area (Å²) in [4.78, 5) is 22.9. The summed E-state index contributed by atoms with van der Waals surface area (Å²) in [6, 6.07) is 0. The molecule has 0 aromatic carbocycles. The lowest BCUT2D eigenvalue weighted by atomic mass is 9.88. The van der Waals surface area contributed by atoms with Crippen molar-refractivity contribution >= 4 is 11.8 Å². The summed E-state index contributed by atoms with van der Waals surface area (Å²) in [6.45, 7) is 1.98. The minimum atomic E-state index is -1.27. The van der Waals surface area contributed by atoms with Crippen molar-refractivity contribution in [2.24, 2.45) is 0 Å². The van der Waals surface area contributed by atoms with Crippen molar-refractivity contribution in [2.75, 3.05) is 0 Å². The van der Waals surface area contributed by atoms with E-state index in [9.17, 15) is 14.7 Å². The second-order valence-electron chi connectivity index (χ2n) is 4.15. The van der Waals surface area contributed by atoms with E-state index in [-0.39, 0.29) is 16.9 Å². The molecule has 1 fully saturated rings. The van der Waals surface area contributed by atoms with E-state index in [0.29, 0.717) is 0 Å². The number of carbonyl (C=O) groups is 2. The molecule has 0 aromatic heterocycles. The maximum absolute atomic E-state index is 11.8. The van der Waals surface area contributed by atoms with Gasteiger partial charge in [0, 0.05) is 5.57 Å². The molecule has 1 aliphatic heterocycles. The average molecular weight is 238 g/mol. The van der Waals surface area contributed by atoms with Crippen LogP contribution in [0.5, 0.6) is 0 Å². The van der Waals surface area contributed by atoms with Gasteiger partial charge in [-0.1, -0.05) is 25.5 Å². The Balaban J connectivity index is 2.35. The van der Waals surface area contributed by atoms with Gasteiger partial charge in [0.15, 0.2) is 5.78 Å². The molecule has 0 amide bonds. The van der Waals surface area contributed by atoms with Crippen LogP contribution in [-0.2, 0) is 14.3 Å². The molecule has 0 unspecified atom stereocenters. The molecule has 0 spiro atoms. The van der Waals surface area contributed by atoms with E-state index in [1.807, 2.05) is 6.92 Å². The van der Waals surface area contributed by atoms with Gasteiger partial charge < -0.3 is 14.9 Å². The van der Waals surface area contributed by atoms with Crippen LogP contribution in [0.1, 0.15) is 19.8 Å². The largest absolute Gasteiger partial charge is 0.478 e. The Labute approximate surface area is 98.4 Å². The third-order valence-electron chi connectivity index (χ3n) is 2.92. The number of carboxylic acid groups (broad SMARTS) is 1. The zero-order chi connectivity index (χ0) is 12.6. The molecule has 2 aliphatic rings. The van der Waals surface area contributed by atoms with Gasteiger partial charge in [0.1, 0.15) is 18.3 Å². The monoisotopic (exact) mass is 238 g/mol. The Morgan fingerprint density at radius 3 is 2.82 bits per heavy atom. The molecule has 1 aliphatic carbocycles. The van der Waals surface area contributed by atoms with E-state index in [4.69, 9.17) is 9.84 Å². The van der Waals surface area contributed by atoms with Crippen molar-refractivity contribution in [3.8, 4) is 0 Å². The summed E-state index contributed by atoms with van der Waals surface area (Å²) >= 11 is 0. The van der Waals surface area contributed by atoms with Crippen LogP contribution < -0.4 is 0 Å². The zero-order valence-corrected chi connectivity index (χ0v) is 9.42. The summed E-state index contributed by atoms with van der Waals surface area (Å²) in [5.74, 6) is -1.61. The highest BCUT2D eigenvalue weighted by Crippen LogP contribution is 2.38. The maximum Gasteiger partial charge on any atom is 0.335 e. The van der Waals surface area contributed by atoms with Gasteiger partial charge in [-0.2, -0.15) is 0 Å². The molecule has 1 saturated heterocycles. The lowest BCUT2D eigenvalue weighted by Crippen LogP contribution is -2.34. The minimum Gasteiger partial charge on any atom is -0.478 e. The first-order chi connectivity index (χ1) is 8.07. The fourth-order valence-corrected chi connectivity index (χ4v) is 1.97. The van der Waals surface area contributed by atoms with E-state index in [1.165, 1.54) is 6.08 Å². The number of allylic oxidation sites excluding steroid dienone is 2. The normalized spacial score (nSPS) is 31.9. The number of aliphatic hydroxyl groups is 1.